The summed E-state index contributed by atoms with van der Waals surface area (Å²) in [5.41, 5.74) is 4.66. The molecule has 0 fully saturated rings. The second-order valence-electron chi connectivity index (χ2n) is 6.06. The van der Waals surface area contributed by atoms with E-state index in [-0.39, 0.29) is 6.42 Å². The van der Waals surface area contributed by atoms with Gasteiger partial charge in [0.15, 0.2) is 0 Å². The van der Waals surface area contributed by atoms with E-state index in [0.29, 0.717) is 0 Å². The molecule has 0 saturated heterocycles. The van der Waals surface area contributed by atoms with E-state index in [9.17, 15) is 14.4 Å². The van der Waals surface area contributed by atoms with Crippen LogP contribution >= 0.6 is 0 Å². The lowest BCUT2D eigenvalue weighted by molar-refractivity contribution is -0.129. The van der Waals surface area contributed by atoms with Crippen LogP contribution in [0.3, 0.4) is 0 Å². The van der Waals surface area contributed by atoms with E-state index in [2.05, 4.69) is 16.2 Å². The molecule has 0 radical (unpaired) electrons. The number of hydrazine groups is 1. The van der Waals surface area contributed by atoms with Crippen LogP contribution in [0.4, 0.5) is 4.79 Å². The fourth-order valence-electron chi connectivity index (χ4n) is 1.75. The lowest BCUT2D eigenvalue weighted by Gasteiger charge is -2.23. The number of ether oxygens (including phenoxy) is 1. The fourth-order valence-corrected chi connectivity index (χ4v) is 1.75. The van der Waals surface area contributed by atoms with Gasteiger partial charge >= 0.3 is 6.09 Å². The van der Waals surface area contributed by atoms with Gasteiger partial charge in [-0.2, -0.15) is 0 Å². The highest BCUT2D eigenvalue weighted by molar-refractivity contribution is 5.87. The predicted octanol–water partition coefficient (Wildman–Crippen LogP) is 1.29. The van der Waals surface area contributed by atoms with Crippen molar-refractivity contribution in [3.8, 4) is 0 Å². The third-order valence-corrected chi connectivity index (χ3v) is 2.65. The topological polar surface area (TPSA) is 96.5 Å². The van der Waals surface area contributed by atoms with Gasteiger partial charge in [-0.25, -0.2) is 4.79 Å². The normalized spacial score (nSPS) is 12.0. The van der Waals surface area contributed by atoms with Crippen LogP contribution in [-0.4, -0.2) is 29.6 Å². The van der Waals surface area contributed by atoms with Crippen LogP contribution in [-0.2, 0) is 20.7 Å². The molecule has 1 rings (SSSR count). The first-order valence-corrected chi connectivity index (χ1v) is 7.27. The van der Waals surface area contributed by atoms with Crippen molar-refractivity contribution in [2.24, 2.45) is 0 Å². The third kappa shape index (κ3) is 7.85. The summed E-state index contributed by atoms with van der Waals surface area (Å²) in [5.74, 6) is -0.941. The van der Waals surface area contributed by atoms with E-state index < -0.39 is 29.6 Å². The zero-order valence-electron chi connectivity index (χ0n) is 13.8. The highest BCUT2D eigenvalue weighted by Gasteiger charge is 2.24. The molecule has 3 N–H and O–H groups in total. The number of carbonyl (C=O) groups excluding carboxylic acids is 3. The molecule has 7 nitrogen and oxygen atoms in total. The number of nitrogens with one attached hydrogen (secondary N) is 3. The summed E-state index contributed by atoms with van der Waals surface area (Å²) >= 11 is 0. The predicted molar refractivity (Wildman–Crippen MR) is 85.3 cm³/mol. The molecule has 0 aliphatic heterocycles. The largest absolute Gasteiger partial charge is 0.444 e. The van der Waals surface area contributed by atoms with Crippen LogP contribution in [0.5, 0.6) is 0 Å². The first-order chi connectivity index (χ1) is 10.7. The monoisotopic (exact) mass is 321 g/mol. The van der Waals surface area contributed by atoms with Crippen LogP contribution in [0.25, 0.3) is 0 Å². The van der Waals surface area contributed by atoms with Crippen molar-refractivity contribution in [2.45, 2.75) is 45.8 Å². The highest BCUT2D eigenvalue weighted by Crippen LogP contribution is 2.08. The Hall–Kier alpha value is -2.57. The summed E-state index contributed by atoms with van der Waals surface area (Å²) in [6, 6.07) is 8.35. The number of benzene rings is 1. The number of amides is 3. The summed E-state index contributed by atoms with van der Waals surface area (Å²) in [7, 11) is 0. The Kier molecular flexibility index (Phi) is 6.56. The summed E-state index contributed by atoms with van der Waals surface area (Å²) in [6.07, 6.45) is -0.428. The van der Waals surface area contributed by atoms with Crippen molar-refractivity contribution < 1.29 is 19.1 Å². The summed E-state index contributed by atoms with van der Waals surface area (Å²) < 4.78 is 5.16. The van der Waals surface area contributed by atoms with Crippen LogP contribution in [0.2, 0.25) is 0 Å². The van der Waals surface area contributed by atoms with Crippen LogP contribution < -0.4 is 16.2 Å². The molecule has 0 heterocycles. The Bertz CT molecular complexity index is 552. The van der Waals surface area contributed by atoms with Gasteiger partial charge in [0.2, 0.25) is 5.91 Å². The number of rotatable bonds is 4. The van der Waals surface area contributed by atoms with Gasteiger partial charge < -0.3 is 10.1 Å². The van der Waals surface area contributed by atoms with Crippen LogP contribution in [0.1, 0.15) is 33.3 Å². The van der Waals surface area contributed by atoms with Crippen molar-refractivity contribution >= 4 is 17.9 Å². The zero-order chi connectivity index (χ0) is 17.5. The summed E-state index contributed by atoms with van der Waals surface area (Å²) in [5, 5.41) is 2.52. The minimum atomic E-state index is -0.876. The minimum absolute atomic E-state index is 0.269. The number of alkyl carbamates (subject to hydrolysis) is 1. The zero-order valence-corrected chi connectivity index (χ0v) is 13.8. The molecule has 1 aromatic carbocycles. The van der Waals surface area contributed by atoms with Gasteiger partial charge in [-0.05, 0) is 26.3 Å². The molecule has 7 heteroatoms. The number of hydrogen-bond acceptors (Lipinski definition) is 4. The van der Waals surface area contributed by atoms with Crippen molar-refractivity contribution in [3.05, 3.63) is 35.9 Å². The number of carbonyl (C=O) groups is 3. The minimum Gasteiger partial charge on any atom is -0.444 e. The van der Waals surface area contributed by atoms with Gasteiger partial charge in [0.05, 0.1) is 0 Å². The molecule has 0 aliphatic carbocycles. The lowest BCUT2D eigenvalue weighted by Crippen LogP contribution is -2.53. The molecule has 1 atom stereocenters. The van der Waals surface area contributed by atoms with E-state index in [1.165, 1.54) is 6.92 Å². The van der Waals surface area contributed by atoms with Gasteiger partial charge in [-0.15, -0.1) is 0 Å². The molecule has 0 aliphatic rings. The molecule has 23 heavy (non-hydrogen) atoms. The molecule has 0 spiro atoms. The SMILES string of the molecule is CC(=O)NNC(=O)[C@H](Cc1ccccc1)NC(=O)OC(C)(C)C. The average molecular weight is 321 g/mol. The van der Waals surface area contributed by atoms with Crippen molar-refractivity contribution in [2.75, 3.05) is 0 Å². The van der Waals surface area contributed by atoms with E-state index in [0.717, 1.165) is 5.56 Å². The van der Waals surface area contributed by atoms with Crippen molar-refractivity contribution in [1.82, 2.24) is 16.2 Å². The standard InChI is InChI=1S/C16H23N3O4/c1-11(20)18-19-14(21)13(10-12-8-6-5-7-9-12)17-15(22)23-16(2,3)4/h5-9,13H,10H2,1-4H3,(H,17,22)(H,18,20)(H,19,21)/t13-/m0/s1. The van der Waals surface area contributed by atoms with Gasteiger partial charge in [0.1, 0.15) is 11.6 Å². The highest BCUT2D eigenvalue weighted by atomic mass is 16.6. The summed E-state index contributed by atoms with van der Waals surface area (Å²) in [4.78, 5) is 35.0. The van der Waals surface area contributed by atoms with Crippen molar-refractivity contribution in [1.29, 1.82) is 0 Å². The third-order valence-electron chi connectivity index (χ3n) is 2.65. The van der Waals surface area contributed by atoms with Gasteiger partial charge in [0.25, 0.3) is 5.91 Å². The molecule has 126 valence electrons. The van der Waals surface area contributed by atoms with Crippen molar-refractivity contribution in [3.63, 3.8) is 0 Å². The van der Waals surface area contributed by atoms with Crippen LogP contribution in [0.15, 0.2) is 30.3 Å². The Morgan fingerprint density at radius 2 is 1.70 bits per heavy atom. The maximum Gasteiger partial charge on any atom is 0.408 e. The van der Waals surface area contributed by atoms with Gasteiger partial charge in [0, 0.05) is 13.3 Å². The first kappa shape index (κ1) is 18.5. The maximum absolute atomic E-state index is 12.2. The molecule has 0 bridgehead atoms. The molecular formula is C16H23N3O4. The number of hydrogen-bond donors (Lipinski definition) is 3. The van der Waals surface area contributed by atoms with E-state index in [1.807, 2.05) is 30.3 Å². The molecule has 1 aromatic rings. The van der Waals surface area contributed by atoms with E-state index >= 15 is 0 Å². The lowest BCUT2D eigenvalue weighted by atomic mass is 10.1. The Morgan fingerprint density at radius 3 is 2.22 bits per heavy atom. The maximum atomic E-state index is 12.2. The molecule has 3 amide bonds. The van der Waals surface area contributed by atoms with E-state index in [4.69, 9.17) is 4.74 Å². The van der Waals surface area contributed by atoms with Gasteiger partial charge in [-0.3, -0.25) is 20.4 Å². The smallest absolute Gasteiger partial charge is 0.408 e. The summed E-state index contributed by atoms with van der Waals surface area (Å²) in [6.45, 7) is 6.47. The Balaban J connectivity index is 2.77. The second-order valence-corrected chi connectivity index (χ2v) is 6.06. The van der Waals surface area contributed by atoms with E-state index in [1.54, 1.807) is 20.8 Å². The average Bonchev–Trinajstić information content (AvgIpc) is 2.43. The Labute approximate surface area is 135 Å². The molecule has 0 saturated carbocycles. The second kappa shape index (κ2) is 8.17. The molecule has 0 aromatic heterocycles. The molecular weight excluding hydrogens is 298 g/mol. The van der Waals surface area contributed by atoms with Gasteiger partial charge in [-0.1, -0.05) is 30.3 Å². The van der Waals surface area contributed by atoms with Crippen LogP contribution in [0, 0.1) is 0 Å². The Morgan fingerprint density at radius 1 is 1.09 bits per heavy atom. The first-order valence-electron chi connectivity index (χ1n) is 7.27. The molecule has 0 unspecified atom stereocenters. The fraction of sp³-hybridized carbons (Fsp3) is 0.438. The quantitative estimate of drug-likeness (QED) is 0.728.